The van der Waals surface area contributed by atoms with Gasteiger partial charge in [0.2, 0.25) is 0 Å². The van der Waals surface area contributed by atoms with E-state index in [0.29, 0.717) is 38.6 Å². The number of fused-ring (bicyclic) bond motifs is 1. The molecule has 2 N–H and O–H groups in total. The standard InChI is InChI=1S/C19H20FN3O3S/c1-4-26-19(25)15-10(2)14-17(24)22-16(23-18(14)27-15)11(3)21-9-12-7-5-6-8-13(12)20/h5-8,11,21H,4,9H2,1-3H3,(H,22,23,24)/t11-/m0/s1. The fourth-order valence-electron chi connectivity index (χ4n) is 2.76. The topological polar surface area (TPSA) is 84.1 Å². The normalized spacial score (nSPS) is 12.3. The molecule has 0 radical (unpaired) electrons. The number of benzene rings is 1. The number of nitrogens with one attached hydrogen (secondary N) is 2. The van der Waals surface area contributed by atoms with Crippen molar-refractivity contribution in [2.45, 2.75) is 33.4 Å². The molecule has 3 aromatic rings. The Bertz CT molecular complexity index is 1040. The molecule has 0 bridgehead atoms. The summed E-state index contributed by atoms with van der Waals surface area (Å²) in [5, 5.41) is 3.55. The van der Waals surface area contributed by atoms with E-state index in [1.165, 1.54) is 6.07 Å². The first-order valence-corrected chi connectivity index (χ1v) is 9.41. The molecule has 0 aliphatic rings. The number of aryl methyl sites for hydroxylation is 1. The number of rotatable bonds is 6. The molecule has 0 fully saturated rings. The predicted molar refractivity (Wildman–Crippen MR) is 103 cm³/mol. The molecule has 2 aromatic heterocycles. The summed E-state index contributed by atoms with van der Waals surface area (Å²) in [4.78, 5) is 32.7. The van der Waals surface area contributed by atoms with E-state index in [-0.39, 0.29) is 24.0 Å². The Morgan fingerprint density at radius 2 is 2.15 bits per heavy atom. The molecule has 0 unspecified atom stereocenters. The number of carbonyl (C=O) groups is 1. The Kier molecular flexibility index (Phi) is 5.67. The van der Waals surface area contributed by atoms with Crippen molar-refractivity contribution in [2.24, 2.45) is 0 Å². The molecule has 0 saturated heterocycles. The second-order valence-corrected chi connectivity index (χ2v) is 7.10. The summed E-state index contributed by atoms with van der Waals surface area (Å²) in [7, 11) is 0. The van der Waals surface area contributed by atoms with Gasteiger partial charge in [0.05, 0.1) is 18.0 Å². The third-order valence-corrected chi connectivity index (χ3v) is 5.41. The lowest BCUT2D eigenvalue weighted by Gasteiger charge is -2.13. The van der Waals surface area contributed by atoms with Crippen molar-refractivity contribution in [2.75, 3.05) is 6.61 Å². The molecule has 0 saturated carbocycles. The van der Waals surface area contributed by atoms with Crippen LogP contribution in [0, 0.1) is 12.7 Å². The number of aromatic amines is 1. The lowest BCUT2D eigenvalue weighted by molar-refractivity contribution is 0.0531. The molecular weight excluding hydrogens is 369 g/mol. The van der Waals surface area contributed by atoms with Crippen molar-refractivity contribution >= 4 is 27.5 Å². The summed E-state index contributed by atoms with van der Waals surface area (Å²) in [6, 6.07) is 6.19. The van der Waals surface area contributed by atoms with E-state index in [4.69, 9.17) is 4.74 Å². The molecule has 0 amide bonds. The minimum absolute atomic E-state index is 0.262. The van der Waals surface area contributed by atoms with Crippen LogP contribution in [0.2, 0.25) is 0 Å². The van der Waals surface area contributed by atoms with E-state index in [1.807, 2.05) is 6.92 Å². The highest BCUT2D eigenvalue weighted by Gasteiger charge is 2.21. The van der Waals surface area contributed by atoms with Gasteiger partial charge in [-0.25, -0.2) is 14.2 Å². The van der Waals surface area contributed by atoms with E-state index in [9.17, 15) is 14.0 Å². The molecule has 27 heavy (non-hydrogen) atoms. The van der Waals surface area contributed by atoms with Gasteiger partial charge >= 0.3 is 5.97 Å². The number of nitrogens with zero attached hydrogens (tertiary/aromatic N) is 1. The molecule has 0 aliphatic heterocycles. The molecule has 1 atom stereocenters. The average molecular weight is 389 g/mol. The van der Waals surface area contributed by atoms with Gasteiger partial charge in [-0.15, -0.1) is 11.3 Å². The van der Waals surface area contributed by atoms with Crippen LogP contribution in [0.1, 0.15) is 46.5 Å². The summed E-state index contributed by atoms with van der Waals surface area (Å²) in [6.07, 6.45) is 0. The second-order valence-electron chi connectivity index (χ2n) is 6.10. The predicted octanol–water partition coefficient (Wildman–Crippen LogP) is 3.46. The maximum Gasteiger partial charge on any atom is 0.348 e. The Morgan fingerprint density at radius 1 is 1.41 bits per heavy atom. The average Bonchev–Trinajstić information content (AvgIpc) is 2.98. The van der Waals surface area contributed by atoms with Gasteiger partial charge in [0.15, 0.2) is 0 Å². The Morgan fingerprint density at radius 3 is 2.85 bits per heavy atom. The van der Waals surface area contributed by atoms with Gasteiger partial charge in [-0.2, -0.15) is 0 Å². The highest BCUT2D eigenvalue weighted by molar-refractivity contribution is 7.20. The van der Waals surface area contributed by atoms with Crippen molar-refractivity contribution in [3.8, 4) is 0 Å². The van der Waals surface area contributed by atoms with Crippen molar-refractivity contribution in [3.05, 3.63) is 62.3 Å². The number of carbonyl (C=O) groups excluding carboxylic acids is 1. The van der Waals surface area contributed by atoms with Crippen molar-refractivity contribution in [1.82, 2.24) is 15.3 Å². The lowest BCUT2D eigenvalue weighted by Crippen LogP contribution is -2.23. The molecule has 0 aliphatic carbocycles. The number of hydrogen-bond donors (Lipinski definition) is 2. The Labute approximate surface area is 159 Å². The minimum Gasteiger partial charge on any atom is -0.462 e. The summed E-state index contributed by atoms with van der Waals surface area (Å²) >= 11 is 1.14. The number of aromatic nitrogens is 2. The first-order chi connectivity index (χ1) is 12.9. The lowest BCUT2D eigenvalue weighted by atomic mass is 10.2. The van der Waals surface area contributed by atoms with Crippen LogP contribution in [0.3, 0.4) is 0 Å². The molecule has 1 aromatic carbocycles. The molecule has 142 valence electrons. The van der Waals surface area contributed by atoms with E-state index in [0.717, 1.165) is 11.3 Å². The minimum atomic E-state index is -0.454. The fourth-order valence-corrected chi connectivity index (χ4v) is 3.84. The summed E-state index contributed by atoms with van der Waals surface area (Å²) in [6.45, 7) is 5.83. The Balaban J connectivity index is 1.88. The first-order valence-electron chi connectivity index (χ1n) is 8.59. The molecular formula is C19H20FN3O3S. The number of halogens is 1. The van der Waals surface area contributed by atoms with Gasteiger partial charge < -0.3 is 15.0 Å². The van der Waals surface area contributed by atoms with Crippen LogP contribution in [0.25, 0.3) is 10.2 Å². The monoisotopic (exact) mass is 389 g/mol. The number of esters is 1. The molecule has 2 heterocycles. The molecule has 6 nitrogen and oxygen atoms in total. The zero-order valence-corrected chi connectivity index (χ0v) is 16.1. The molecule has 0 spiro atoms. The summed E-state index contributed by atoms with van der Waals surface area (Å²) in [5.74, 6) is -0.313. The van der Waals surface area contributed by atoms with Gasteiger partial charge in [-0.1, -0.05) is 18.2 Å². The number of thiophene rings is 1. The quantitative estimate of drug-likeness (QED) is 0.631. The van der Waals surface area contributed by atoms with E-state index < -0.39 is 5.97 Å². The van der Waals surface area contributed by atoms with E-state index in [1.54, 1.807) is 32.0 Å². The maximum absolute atomic E-state index is 13.7. The van der Waals surface area contributed by atoms with Crippen LogP contribution in [-0.4, -0.2) is 22.5 Å². The van der Waals surface area contributed by atoms with Crippen LogP contribution in [0.5, 0.6) is 0 Å². The largest absolute Gasteiger partial charge is 0.462 e. The SMILES string of the molecule is CCOC(=O)c1sc2nc([C@H](C)NCc3ccccc3F)[nH]c(=O)c2c1C. The van der Waals surface area contributed by atoms with Crippen LogP contribution in [0.4, 0.5) is 4.39 Å². The number of ether oxygens (including phenoxy) is 1. The zero-order valence-electron chi connectivity index (χ0n) is 15.3. The fraction of sp³-hybridized carbons (Fsp3) is 0.316. The first kappa shape index (κ1) is 19.2. The highest BCUT2D eigenvalue weighted by atomic mass is 32.1. The van der Waals surface area contributed by atoms with Crippen LogP contribution < -0.4 is 10.9 Å². The maximum atomic E-state index is 13.7. The Hall–Kier alpha value is -2.58. The number of hydrogen-bond acceptors (Lipinski definition) is 6. The van der Waals surface area contributed by atoms with Gasteiger partial charge in [-0.05, 0) is 32.4 Å². The highest BCUT2D eigenvalue weighted by Crippen LogP contribution is 2.28. The molecule has 3 rings (SSSR count). The zero-order chi connectivity index (χ0) is 19.6. The smallest absolute Gasteiger partial charge is 0.348 e. The van der Waals surface area contributed by atoms with Gasteiger partial charge in [0.1, 0.15) is 21.3 Å². The van der Waals surface area contributed by atoms with Gasteiger partial charge in [0, 0.05) is 12.1 Å². The van der Waals surface area contributed by atoms with Crippen LogP contribution >= 0.6 is 11.3 Å². The molecule has 8 heteroatoms. The number of H-pyrrole nitrogens is 1. The summed E-state index contributed by atoms with van der Waals surface area (Å²) in [5.41, 5.74) is 0.795. The van der Waals surface area contributed by atoms with E-state index >= 15 is 0 Å². The third-order valence-electron chi connectivity index (χ3n) is 4.25. The van der Waals surface area contributed by atoms with Crippen LogP contribution in [-0.2, 0) is 11.3 Å². The van der Waals surface area contributed by atoms with Gasteiger partial charge in [0.25, 0.3) is 5.56 Å². The second kappa shape index (κ2) is 7.98. The van der Waals surface area contributed by atoms with Gasteiger partial charge in [-0.3, -0.25) is 4.79 Å². The van der Waals surface area contributed by atoms with Crippen molar-refractivity contribution < 1.29 is 13.9 Å². The van der Waals surface area contributed by atoms with E-state index in [2.05, 4.69) is 15.3 Å². The van der Waals surface area contributed by atoms with Crippen LogP contribution in [0.15, 0.2) is 29.1 Å². The van der Waals surface area contributed by atoms with Crippen molar-refractivity contribution in [3.63, 3.8) is 0 Å². The third kappa shape index (κ3) is 3.91. The van der Waals surface area contributed by atoms with Crippen molar-refractivity contribution in [1.29, 1.82) is 0 Å². The summed E-state index contributed by atoms with van der Waals surface area (Å²) < 4.78 is 18.8.